The first-order valence-corrected chi connectivity index (χ1v) is 7.05. The fourth-order valence-electron chi connectivity index (χ4n) is 2.50. The van der Waals surface area contributed by atoms with Crippen molar-refractivity contribution in [1.29, 1.82) is 0 Å². The van der Waals surface area contributed by atoms with Crippen molar-refractivity contribution in [1.82, 2.24) is 10.9 Å². The summed E-state index contributed by atoms with van der Waals surface area (Å²) in [4.78, 5) is 12.1. The van der Waals surface area contributed by atoms with Crippen LogP contribution in [-0.4, -0.2) is 11.9 Å². The smallest absolute Gasteiger partial charge is 0.242 e. The van der Waals surface area contributed by atoms with Crippen LogP contribution in [0.1, 0.15) is 18.0 Å². The quantitative estimate of drug-likeness (QED) is 0.815. The van der Waals surface area contributed by atoms with E-state index in [0.717, 1.165) is 23.8 Å². The number of carbonyl (C=O) groups excluding carboxylic acids is 1. The molecule has 0 radical (unpaired) electrons. The molecule has 120 valence electrons. The minimum atomic E-state index is -0.762. The van der Waals surface area contributed by atoms with Gasteiger partial charge < -0.3 is 5.32 Å². The highest BCUT2D eigenvalue weighted by Crippen LogP contribution is 2.23. The normalized spacial score (nSPS) is 20.5. The lowest BCUT2D eigenvalue weighted by Crippen LogP contribution is -2.39. The van der Waals surface area contributed by atoms with Crippen LogP contribution in [0.15, 0.2) is 42.5 Å². The van der Waals surface area contributed by atoms with Crippen molar-refractivity contribution in [3.8, 4) is 0 Å². The number of carbonyl (C=O) groups is 1. The molecule has 0 aromatic heterocycles. The molecular formula is C16H14F3N3O. The summed E-state index contributed by atoms with van der Waals surface area (Å²) in [5.41, 5.74) is 6.67. The average molecular weight is 321 g/mol. The summed E-state index contributed by atoms with van der Waals surface area (Å²) in [6.07, 6.45) is 0.426. The lowest BCUT2D eigenvalue weighted by Gasteiger charge is -2.11. The molecule has 0 spiro atoms. The van der Waals surface area contributed by atoms with Gasteiger partial charge in [-0.3, -0.25) is 4.79 Å². The van der Waals surface area contributed by atoms with Gasteiger partial charge in [-0.2, -0.15) is 0 Å². The van der Waals surface area contributed by atoms with E-state index >= 15 is 0 Å². The van der Waals surface area contributed by atoms with Crippen molar-refractivity contribution >= 4 is 11.6 Å². The Hall–Kier alpha value is -2.38. The first-order valence-electron chi connectivity index (χ1n) is 7.05. The predicted octanol–water partition coefficient (Wildman–Crippen LogP) is 2.65. The largest absolute Gasteiger partial charge is 0.324 e. The molecule has 1 saturated heterocycles. The van der Waals surface area contributed by atoms with E-state index in [-0.39, 0.29) is 17.5 Å². The molecular weight excluding hydrogens is 307 g/mol. The maximum atomic E-state index is 13.1. The zero-order valence-corrected chi connectivity index (χ0v) is 11.9. The lowest BCUT2D eigenvalue weighted by molar-refractivity contribution is -0.117. The number of hydrazine groups is 1. The number of anilines is 1. The first kappa shape index (κ1) is 15.5. The van der Waals surface area contributed by atoms with Crippen molar-refractivity contribution in [3.63, 3.8) is 0 Å². The van der Waals surface area contributed by atoms with E-state index in [2.05, 4.69) is 16.2 Å². The van der Waals surface area contributed by atoms with Gasteiger partial charge in [-0.05, 0) is 36.2 Å². The number of hydrogen-bond donors (Lipinski definition) is 3. The number of halogens is 3. The molecule has 4 nitrogen and oxygen atoms in total. The number of amides is 1. The molecule has 0 bridgehead atoms. The molecule has 2 aromatic rings. The molecule has 7 heteroatoms. The van der Waals surface area contributed by atoms with Crippen LogP contribution >= 0.6 is 0 Å². The Bertz CT molecular complexity index is 701. The third-order valence-corrected chi connectivity index (χ3v) is 3.62. The zero-order valence-electron chi connectivity index (χ0n) is 11.9. The van der Waals surface area contributed by atoms with Gasteiger partial charge >= 0.3 is 0 Å². The van der Waals surface area contributed by atoms with Gasteiger partial charge in [0.2, 0.25) is 5.91 Å². The highest BCUT2D eigenvalue weighted by atomic mass is 19.1. The number of benzene rings is 2. The number of hydrogen-bond acceptors (Lipinski definition) is 3. The van der Waals surface area contributed by atoms with E-state index in [1.165, 1.54) is 12.1 Å². The Morgan fingerprint density at radius 1 is 0.957 bits per heavy atom. The van der Waals surface area contributed by atoms with Crippen LogP contribution in [0.3, 0.4) is 0 Å². The van der Waals surface area contributed by atoms with E-state index in [9.17, 15) is 18.0 Å². The Morgan fingerprint density at radius 2 is 1.61 bits per heavy atom. The molecule has 23 heavy (non-hydrogen) atoms. The maximum Gasteiger partial charge on any atom is 0.242 e. The lowest BCUT2D eigenvalue weighted by atomic mass is 10.0. The van der Waals surface area contributed by atoms with Crippen LogP contribution in [0.25, 0.3) is 0 Å². The van der Waals surface area contributed by atoms with Gasteiger partial charge in [-0.25, -0.2) is 24.0 Å². The van der Waals surface area contributed by atoms with Crippen LogP contribution in [0.4, 0.5) is 18.9 Å². The van der Waals surface area contributed by atoms with E-state index < -0.39 is 23.6 Å². The van der Waals surface area contributed by atoms with E-state index in [0.29, 0.717) is 6.42 Å². The van der Waals surface area contributed by atoms with Gasteiger partial charge in [0.15, 0.2) is 0 Å². The third-order valence-electron chi connectivity index (χ3n) is 3.62. The summed E-state index contributed by atoms with van der Waals surface area (Å²) in [6, 6.07) is 8.05. The van der Waals surface area contributed by atoms with Gasteiger partial charge in [0.1, 0.15) is 23.5 Å². The van der Waals surface area contributed by atoms with Crippen molar-refractivity contribution in [2.75, 3.05) is 5.32 Å². The molecule has 1 fully saturated rings. The van der Waals surface area contributed by atoms with Crippen molar-refractivity contribution in [3.05, 3.63) is 65.5 Å². The molecule has 0 aliphatic carbocycles. The molecule has 2 aromatic carbocycles. The second-order valence-electron chi connectivity index (χ2n) is 5.33. The standard InChI is InChI=1S/C16H14F3N3O/c17-10-3-1-9(2-4-10)14-8-15(22-21-14)16(23)20-13-6-11(18)5-12(19)7-13/h1-7,14-15,21-22H,8H2,(H,20,23). The zero-order chi connectivity index (χ0) is 16.4. The fraction of sp³-hybridized carbons (Fsp3) is 0.188. The monoisotopic (exact) mass is 321 g/mol. The molecule has 1 aliphatic heterocycles. The number of rotatable bonds is 3. The Labute approximate surface area is 130 Å². The van der Waals surface area contributed by atoms with Crippen LogP contribution < -0.4 is 16.2 Å². The third kappa shape index (κ3) is 3.69. The molecule has 1 amide bonds. The van der Waals surface area contributed by atoms with Gasteiger partial charge in [0.05, 0.1) is 0 Å². The van der Waals surface area contributed by atoms with Crippen molar-refractivity contribution in [2.24, 2.45) is 0 Å². The highest BCUT2D eigenvalue weighted by Gasteiger charge is 2.30. The van der Waals surface area contributed by atoms with Gasteiger partial charge in [-0.15, -0.1) is 0 Å². The fourth-order valence-corrected chi connectivity index (χ4v) is 2.50. The molecule has 0 saturated carbocycles. The molecule has 3 N–H and O–H groups in total. The van der Waals surface area contributed by atoms with Gasteiger partial charge in [-0.1, -0.05) is 12.1 Å². The molecule has 3 rings (SSSR count). The van der Waals surface area contributed by atoms with E-state index in [1.807, 2.05) is 0 Å². The SMILES string of the molecule is O=C(Nc1cc(F)cc(F)c1)C1CC(c2ccc(F)cc2)NN1. The summed E-state index contributed by atoms with van der Waals surface area (Å²) in [5.74, 6) is -2.27. The molecule has 2 unspecified atom stereocenters. The molecule has 1 heterocycles. The Balaban J connectivity index is 1.64. The summed E-state index contributed by atoms with van der Waals surface area (Å²) in [7, 11) is 0. The summed E-state index contributed by atoms with van der Waals surface area (Å²) in [6.45, 7) is 0. The Kier molecular flexibility index (Phi) is 4.31. The van der Waals surface area contributed by atoms with Crippen LogP contribution in [0.5, 0.6) is 0 Å². The second kappa shape index (κ2) is 6.39. The van der Waals surface area contributed by atoms with Gasteiger partial charge in [0, 0.05) is 17.8 Å². The molecule has 2 atom stereocenters. The Morgan fingerprint density at radius 3 is 2.26 bits per heavy atom. The first-order chi connectivity index (χ1) is 11.0. The minimum absolute atomic E-state index is 0.0551. The van der Waals surface area contributed by atoms with E-state index in [4.69, 9.17) is 0 Å². The average Bonchev–Trinajstić information content (AvgIpc) is 2.97. The van der Waals surface area contributed by atoms with Crippen LogP contribution in [0.2, 0.25) is 0 Å². The minimum Gasteiger partial charge on any atom is -0.324 e. The predicted molar refractivity (Wildman–Crippen MR) is 78.8 cm³/mol. The second-order valence-corrected chi connectivity index (χ2v) is 5.33. The highest BCUT2D eigenvalue weighted by molar-refractivity contribution is 5.95. The topological polar surface area (TPSA) is 53.2 Å². The van der Waals surface area contributed by atoms with Crippen LogP contribution in [-0.2, 0) is 4.79 Å². The number of nitrogens with one attached hydrogen (secondary N) is 3. The van der Waals surface area contributed by atoms with E-state index in [1.54, 1.807) is 12.1 Å². The summed E-state index contributed by atoms with van der Waals surface area (Å²) < 4.78 is 39.2. The summed E-state index contributed by atoms with van der Waals surface area (Å²) >= 11 is 0. The van der Waals surface area contributed by atoms with Crippen molar-refractivity contribution < 1.29 is 18.0 Å². The maximum absolute atomic E-state index is 13.1. The van der Waals surface area contributed by atoms with Crippen LogP contribution in [0, 0.1) is 17.5 Å². The van der Waals surface area contributed by atoms with Gasteiger partial charge in [0.25, 0.3) is 0 Å². The molecule has 1 aliphatic rings. The summed E-state index contributed by atoms with van der Waals surface area (Å²) in [5, 5.41) is 2.47. The van der Waals surface area contributed by atoms with Crippen molar-refractivity contribution in [2.45, 2.75) is 18.5 Å².